The molecule has 1 aliphatic heterocycles. The molecule has 4 rings (SSSR count). The molecule has 0 aliphatic carbocycles. The standard InChI is InChI=1S/C21H20N4O2/c1-3-27-16-10-8-15(9-11-16)19-12-21(25(24-19)14(2)26)20-13-22-17-6-4-5-7-18(17)23-20/h4-11,13,21H,3,12H2,1-2H3/t21-/m0/s1. The molecule has 1 amide bonds. The fourth-order valence-corrected chi connectivity index (χ4v) is 3.25. The number of nitrogens with zero attached hydrogens (tertiary/aromatic N) is 4. The zero-order valence-electron chi connectivity index (χ0n) is 15.3. The first-order valence-electron chi connectivity index (χ1n) is 8.98. The lowest BCUT2D eigenvalue weighted by molar-refractivity contribution is -0.130. The van der Waals surface area contributed by atoms with Crippen molar-refractivity contribution in [2.75, 3.05) is 6.61 Å². The number of para-hydroxylation sites is 2. The number of hydrazone groups is 1. The second-order valence-corrected chi connectivity index (χ2v) is 6.37. The van der Waals surface area contributed by atoms with Crippen LogP contribution in [0.1, 0.15) is 37.6 Å². The smallest absolute Gasteiger partial charge is 0.240 e. The van der Waals surface area contributed by atoms with Gasteiger partial charge in [0.1, 0.15) is 11.8 Å². The van der Waals surface area contributed by atoms with Gasteiger partial charge in [0.25, 0.3) is 0 Å². The number of ether oxygens (including phenoxy) is 1. The van der Waals surface area contributed by atoms with Crippen molar-refractivity contribution in [3.05, 3.63) is 66.0 Å². The van der Waals surface area contributed by atoms with E-state index in [1.54, 1.807) is 6.20 Å². The van der Waals surface area contributed by atoms with Gasteiger partial charge in [-0.3, -0.25) is 9.78 Å². The third-order valence-electron chi connectivity index (χ3n) is 4.54. The van der Waals surface area contributed by atoms with Gasteiger partial charge in [0.15, 0.2) is 0 Å². The van der Waals surface area contributed by atoms with Crippen molar-refractivity contribution < 1.29 is 9.53 Å². The van der Waals surface area contributed by atoms with Crippen LogP contribution in [0, 0.1) is 0 Å². The summed E-state index contributed by atoms with van der Waals surface area (Å²) >= 11 is 0. The first-order valence-corrected chi connectivity index (χ1v) is 8.98. The lowest BCUT2D eigenvalue weighted by Gasteiger charge is -2.19. The van der Waals surface area contributed by atoms with Crippen LogP contribution in [0.15, 0.2) is 59.8 Å². The average molecular weight is 360 g/mol. The van der Waals surface area contributed by atoms with Crippen LogP contribution in [0.3, 0.4) is 0 Å². The van der Waals surface area contributed by atoms with E-state index < -0.39 is 0 Å². The van der Waals surface area contributed by atoms with Gasteiger partial charge in [-0.1, -0.05) is 12.1 Å². The number of carbonyl (C=O) groups excluding carboxylic acids is 1. The first kappa shape index (κ1) is 17.1. The largest absolute Gasteiger partial charge is 0.494 e. The van der Waals surface area contributed by atoms with Crippen molar-refractivity contribution in [2.45, 2.75) is 26.3 Å². The molecule has 0 N–H and O–H groups in total. The predicted octanol–water partition coefficient (Wildman–Crippen LogP) is 3.73. The molecule has 1 atom stereocenters. The highest BCUT2D eigenvalue weighted by Gasteiger charge is 2.32. The van der Waals surface area contributed by atoms with E-state index in [0.29, 0.717) is 13.0 Å². The monoisotopic (exact) mass is 360 g/mol. The molecule has 2 aromatic carbocycles. The number of carbonyl (C=O) groups is 1. The molecule has 2 heterocycles. The molecule has 6 nitrogen and oxygen atoms in total. The Morgan fingerprint density at radius 2 is 1.89 bits per heavy atom. The minimum absolute atomic E-state index is 0.115. The number of hydrogen-bond donors (Lipinski definition) is 0. The molecule has 0 fully saturated rings. The molecule has 1 aliphatic rings. The highest BCUT2D eigenvalue weighted by atomic mass is 16.5. The Morgan fingerprint density at radius 1 is 1.15 bits per heavy atom. The quantitative estimate of drug-likeness (QED) is 0.711. The average Bonchev–Trinajstić information content (AvgIpc) is 3.14. The van der Waals surface area contributed by atoms with Crippen LogP contribution < -0.4 is 4.74 Å². The van der Waals surface area contributed by atoms with E-state index >= 15 is 0 Å². The van der Waals surface area contributed by atoms with E-state index in [1.165, 1.54) is 11.9 Å². The minimum atomic E-state index is -0.249. The summed E-state index contributed by atoms with van der Waals surface area (Å²) in [6, 6.07) is 15.2. The molecular formula is C21H20N4O2. The summed E-state index contributed by atoms with van der Waals surface area (Å²) in [5.74, 6) is 0.705. The summed E-state index contributed by atoms with van der Waals surface area (Å²) in [5.41, 5.74) is 4.22. The van der Waals surface area contributed by atoms with Crippen LogP contribution in [0.5, 0.6) is 5.75 Å². The number of fused-ring (bicyclic) bond motifs is 1. The number of aromatic nitrogens is 2. The summed E-state index contributed by atoms with van der Waals surface area (Å²) in [7, 11) is 0. The van der Waals surface area contributed by atoms with Gasteiger partial charge in [-0.05, 0) is 48.9 Å². The van der Waals surface area contributed by atoms with Crippen LogP contribution >= 0.6 is 0 Å². The number of amides is 1. The third kappa shape index (κ3) is 3.38. The van der Waals surface area contributed by atoms with Gasteiger partial charge in [-0.2, -0.15) is 5.10 Å². The van der Waals surface area contributed by atoms with Gasteiger partial charge in [0, 0.05) is 13.3 Å². The van der Waals surface area contributed by atoms with Crippen molar-refractivity contribution in [1.29, 1.82) is 0 Å². The first-order chi connectivity index (χ1) is 13.2. The van der Waals surface area contributed by atoms with E-state index in [2.05, 4.69) is 10.1 Å². The Kier molecular flexibility index (Phi) is 4.54. The van der Waals surface area contributed by atoms with Crippen molar-refractivity contribution in [3.8, 4) is 5.75 Å². The predicted molar refractivity (Wildman–Crippen MR) is 104 cm³/mol. The lowest BCUT2D eigenvalue weighted by Crippen LogP contribution is -2.25. The molecule has 1 aromatic heterocycles. The summed E-state index contributed by atoms with van der Waals surface area (Å²) in [4.78, 5) is 21.3. The van der Waals surface area contributed by atoms with E-state index in [1.807, 2.05) is 55.5 Å². The molecule has 6 heteroatoms. The molecule has 0 bridgehead atoms. The maximum Gasteiger partial charge on any atom is 0.240 e. The Labute approximate surface area is 157 Å². The van der Waals surface area contributed by atoms with Gasteiger partial charge >= 0.3 is 0 Å². The highest BCUT2D eigenvalue weighted by molar-refractivity contribution is 6.03. The normalized spacial score (nSPS) is 16.4. The number of hydrogen-bond acceptors (Lipinski definition) is 5. The van der Waals surface area contributed by atoms with Gasteiger partial charge in [-0.25, -0.2) is 9.99 Å². The fourth-order valence-electron chi connectivity index (χ4n) is 3.25. The number of rotatable bonds is 4. The summed E-state index contributed by atoms with van der Waals surface area (Å²) < 4.78 is 5.49. The zero-order chi connectivity index (χ0) is 18.8. The molecule has 27 heavy (non-hydrogen) atoms. The molecular weight excluding hydrogens is 340 g/mol. The van der Waals surface area contributed by atoms with Crippen LogP contribution in [-0.2, 0) is 4.79 Å². The molecule has 3 aromatic rings. The minimum Gasteiger partial charge on any atom is -0.494 e. The Bertz CT molecular complexity index is 1010. The maximum absolute atomic E-state index is 12.2. The topological polar surface area (TPSA) is 67.7 Å². The maximum atomic E-state index is 12.2. The molecule has 0 spiro atoms. The van der Waals surface area contributed by atoms with Gasteiger partial charge in [-0.15, -0.1) is 0 Å². The van der Waals surface area contributed by atoms with Crippen molar-refractivity contribution in [2.24, 2.45) is 5.10 Å². The van der Waals surface area contributed by atoms with Crippen LogP contribution in [-0.4, -0.2) is 33.2 Å². The number of benzene rings is 2. The third-order valence-corrected chi connectivity index (χ3v) is 4.54. The van der Waals surface area contributed by atoms with Gasteiger partial charge in [0.2, 0.25) is 5.91 Å². The van der Waals surface area contributed by atoms with E-state index in [9.17, 15) is 4.79 Å². The zero-order valence-corrected chi connectivity index (χ0v) is 15.3. The SMILES string of the molecule is CCOc1ccc(C2=NN(C(C)=O)[C@H](c3cnc4ccccc4n3)C2)cc1. The lowest BCUT2D eigenvalue weighted by atomic mass is 10.0. The van der Waals surface area contributed by atoms with Crippen LogP contribution in [0.2, 0.25) is 0 Å². The van der Waals surface area contributed by atoms with Crippen molar-refractivity contribution >= 4 is 22.7 Å². The molecule has 0 radical (unpaired) electrons. The fraction of sp³-hybridized carbons (Fsp3) is 0.238. The molecule has 136 valence electrons. The van der Waals surface area contributed by atoms with Gasteiger partial charge < -0.3 is 4.74 Å². The van der Waals surface area contributed by atoms with Crippen LogP contribution in [0.4, 0.5) is 0 Å². The summed E-state index contributed by atoms with van der Waals surface area (Å²) in [5, 5.41) is 6.07. The molecule has 0 saturated heterocycles. The van der Waals surface area contributed by atoms with Crippen molar-refractivity contribution in [1.82, 2.24) is 15.0 Å². The Morgan fingerprint density at radius 3 is 2.59 bits per heavy atom. The van der Waals surface area contributed by atoms with Gasteiger partial charge in [0.05, 0.1) is 35.2 Å². The Hall–Kier alpha value is -3.28. The Balaban J connectivity index is 1.65. The van der Waals surface area contributed by atoms with Crippen molar-refractivity contribution in [3.63, 3.8) is 0 Å². The summed E-state index contributed by atoms with van der Waals surface area (Å²) in [6.45, 7) is 4.10. The highest BCUT2D eigenvalue weighted by Crippen LogP contribution is 2.32. The molecule has 0 unspecified atom stereocenters. The summed E-state index contributed by atoms with van der Waals surface area (Å²) in [6.07, 6.45) is 2.33. The van der Waals surface area contributed by atoms with E-state index in [0.717, 1.165) is 33.8 Å². The van der Waals surface area contributed by atoms with E-state index in [4.69, 9.17) is 9.72 Å². The second kappa shape index (κ2) is 7.15. The van der Waals surface area contributed by atoms with E-state index in [-0.39, 0.29) is 11.9 Å². The second-order valence-electron chi connectivity index (χ2n) is 6.37. The molecule has 0 saturated carbocycles. The van der Waals surface area contributed by atoms with Crippen LogP contribution in [0.25, 0.3) is 11.0 Å².